The Kier molecular flexibility index (Phi) is 9.24. The Labute approximate surface area is 121 Å². The Bertz CT molecular complexity index is 302. The van der Waals surface area contributed by atoms with E-state index in [0.29, 0.717) is 5.75 Å². The summed E-state index contributed by atoms with van der Waals surface area (Å²) >= 11 is 0. The van der Waals surface area contributed by atoms with Gasteiger partial charge in [-0.15, -0.1) is 0 Å². The molecule has 8 heteroatoms. The molecule has 0 rings (SSSR count). The molecule has 0 bridgehead atoms. The van der Waals surface area contributed by atoms with E-state index >= 15 is 0 Å². The second-order valence-electron chi connectivity index (χ2n) is 4.51. The highest BCUT2D eigenvalue weighted by molar-refractivity contribution is 8.76. The van der Waals surface area contributed by atoms with Crippen LogP contribution in [0.2, 0.25) is 0 Å². The molecule has 5 N–H and O–H groups in total. The summed E-state index contributed by atoms with van der Waals surface area (Å²) in [5.41, 5.74) is 11.0. The summed E-state index contributed by atoms with van der Waals surface area (Å²) in [6, 6.07) is -1.61. The van der Waals surface area contributed by atoms with Crippen LogP contribution in [0, 0.1) is 5.92 Å². The summed E-state index contributed by atoms with van der Waals surface area (Å²) in [6.45, 7) is 5.74. The van der Waals surface area contributed by atoms with Crippen LogP contribution in [0.1, 0.15) is 20.8 Å². The maximum Gasteiger partial charge on any atom is 0.324 e. The van der Waals surface area contributed by atoms with E-state index < -0.39 is 24.0 Å². The molecule has 19 heavy (non-hydrogen) atoms. The lowest BCUT2D eigenvalue weighted by atomic mass is 10.1. The average Bonchev–Trinajstić information content (AvgIpc) is 2.33. The van der Waals surface area contributed by atoms with Crippen LogP contribution in [-0.4, -0.2) is 46.7 Å². The van der Waals surface area contributed by atoms with E-state index in [9.17, 15) is 9.59 Å². The molecule has 0 saturated heterocycles. The highest BCUT2D eigenvalue weighted by Crippen LogP contribution is 2.22. The van der Waals surface area contributed by atoms with Crippen LogP contribution in [0.15, 0.2) is 0 Å². The highest BCUT2D eigenvalue weighted by atomic mass is 33.1. The second kappa shape index (κ2) is 9.46. The van der Waals surface area contributed by atoms with Crippen molar-refractivity contribution in [1.82, 2.24) is 0 Å². The number of aliphatic carboxylic acids is 1. The van der Waals surface area contributed by atoms with Gasteiger partial charge < -0.3 is 21.3 Å². The van der Waals surface area contributed by atoms with Crippen molar-refractivity contribution in [2.75, 3.05) is 11.5 Å². The minimum atomic E-state index is -1.04. The van der Waals surface area contributed by atoms with E-state index in [1.54, 1.807) is 0 Å². The smallest absolute Gasteiger partial charge is 0.324 e. The van der Waals surface area contributed by atoms with Crippen molar-refractivity contribution in [2.45, 2.75) is 39.0 Å². The number of carbonyl (C=O) groups excluding carboxylic acids is 1. The molecular formula is C11H22N2O4S2. The van der Waals surface area contributed by atoms with Gasteiger partial charge in [0.2, 0.25) is 0 Å². The van der Waals surface area contributed by atoms with Crippen LogP contribution in [-0.2, 0) is 14.3 Å². The van der Waals surface area contributed by atoms with Crippen LogP contribution >= 0.6 is 21.6 Å². The number of hydrogen-bond donors (Lipinski definition) is 3. The van der Waals surface area contributed by atoms with Gasteiger partial charge >= 0.3 is 11.9 Å². The maximum atomic E-state index is 11.6. The number of carboxylic acid groups (broad SMARTS) is 1. The SMILES string of the molecule is CC(C)C(C)OC(=O)C(N)CSSCC(N)C(=O)O. The van der Waals surface area contributed by atoms with Crippen molar-refractivity contribution in [3.05, 3.63) is 0 Å². The normalized spacial score (nSPS) is 15.9. The topological polar surface area (TPSA) is 116 Å². The Morgan fingerprint density at radius 3 is 2.00 bits per heavy atom. The quantitative estimate of drug-likeness (QED) is 0.324. The first kappa shape index (κ1) is 18.6. The van der Waals surface area contributed by atoms with Crippen molar-refractivity contribution < 1.29 is 19.4 Å². The molecule has 0 aliphatic rings. The zero-order valence-electron chi connectivity index (χ0n) is 11.4. The summed E-state index contributed by atoms with van der Waals surface area (Å²) in [4.78, 5) is 22.1. The number of ether oxygens (including phenoxy) is 1. The number of hydrogen-bond acceptors (Lipinski definition) is 7. The molecule has 0 fully saturated rings. The molecule has 0 amide bonds. The Morgan fingerprint density at radius 2 is 1.58 bits per heavy atom. The van der Waals surface area contributed by atoms with Gasteiger partial charge in [0, 0.05) is 11.5 Å². The third-order valence-electron chi connectivity index (χ3n) is 2.44. The maximum absolute atomic E-state index is 11.6. The number of esters is 1. The van der Waals surface area contributed by atoms with E-state index in [4.69, 9.17) is 21.3 Å². The molecule has 0 saturated carbocycles. The van der Waals surface area contributed by atoms with Gasteiger partial charge in [-0.25, -0.2) is 0 Å². The fourth-order valence-corrected chi connectivity index (χ4v) is 3.01. The van der Waals surface area contributed by atoms with E-state index in [0.717, 1.165) is 0 Å². The van der Waals surface area contributed by atoms with Crippen molar-refractivity contribution in [1.29, 1.82) is 0 Å². The number of rotatable bonds is 9. The number of nitrogens with two attached hydrogens (primary N) is 2. The van der Waals surface area contributed by atoms with Gasteiger partial charge in [-0.2, -0.15) is 0 Å². The molecule has 3 unspecified atom stereocenters. The molecule has 0 aromatic rings. The summed E-state index contributed by atoms with van der Waals surface area (Å²) < 4.78 is 5.18. The van der Waals surface area contributed by atoms with Gasteiger partial charge in [0.1, 0.15) is 18.2 Å². The molecule has 0 aromatic carbocycles. The fraction of sp³-hybridized carbons (Fsp3) is 0.818. The van der Waals surface area contributed by atoms with Crippen LogP contribution in [0.5, 0.6) is 0 Å². The summed E-state index contributed by atoms with van der Waals surface area (Å²) in [6.07, 6.45) is -0.170. The molecule has 0 heterocycles. The minimum Gasteiger partial charge on any atom is -0.480 e. The molecule has 112 valence electrons. The Hall–Kier alpha value is -0.440. The lowest BCUT2D eigenvalue weighted by Gasteiger charge is -2.19. The number of carbonyl (C=O) groups is 2. The van der Waals surface area contributed by atoms with Crippen molar-refractivity contribution in [2.24, 2.45) is 17.4 Å². The van der Waals surface area contributed by atoms with E-state index in [-0.39, 0.29) is 17.8 Å². The van der Waals surface area contributed by atoms with Crippen molar-refractivity contribution >= 4 is 33.5 Å². The van der Waals surface area contributed by atoms with E-state index in [1.165, 1.54) is 21.6 Å². The molecule has 6 nitrogen and oxygen atoms in total. The van der Waals surface area contributed by atoms with Gasteiger partial charge in [0.05, 0.1) is 0 Å². The zero-order valence-corrected chi connectivity index (χ0v) is 13.0. The van der Waals surface area contributed by atoms with Crippen LogP contribution in [0.25, 0.3) is 0 Å². The zero-order chi connectivity index (χ0) is 15.0. The van der Waals surface area contributed by atoms with E-state index in [2.05, 4.69) is 0 Å². The Balaban J connectivity index is 3.82. The summed E-state index contributed by atoms with van der Waals surface area (Å²) in [7, 11) is 2.60. The van der Waals surface area contributed by atoms with Crippen LogP contribution < -0.4 is 11.5 Å². The average molecular weight is 310 g/mol. The lowest BCUT2D eigenvalue weighted by Crippen LogP contribution is -2.37. The first-order chi connectivity index (χ1) is 8.75. The van der Waals surface area contributed by atoms with Gasteiger partial charge in [0.25, 0.3) is 0 Å². The fourth-order valence-electron chi connectivity index (χ4n) is 0.789. The molecule has 0 aromatic heterocycles. The van der Waals surface area contributed by atoms with Crippen molar-refractivity contribution in [3.63, 3.8) is 0 Å². The summed E-state index contributed by atoms with van der Waals surface area (Å²) in [5, 5.41) is 8.58. The molecular weight excluding hydrogens is 288 g/mol. The predicted molar refractivity (Wildman–Crippen MR) is 78.9 cm³/mol. The first-order valence-electron chi connectivity index (χ1n) is 5.94. The molecule has 0 spiro atoms. The van der Waals surface area contributed by atoms with Gasteiger partial charge in [-0.1, -0.05) is 35.4 Å². The molecule has 0 aliphatic heterocycles. The predicted octanol–water partition coefficient (Wildman–Crippen LogP) is 0.695. The highest BCUT2D eigenvalue weighted by Gasteiger charge is 2.20. The van der Waals surface area contributed by atoms with Gasteiger partial charge in [0.15, 0.2) is 0 Å². The third-order valence-corrected chi connectivity index (χ3v) is 4.91. The molecule has 3 atom stereocenters. The Morgan fingerprint density at radius 1 is 1.11 bits per heavy atom. The molecule has 0 aliphatic carbocycles. The molecule has 0 radical (unpaired) electrons. The van der Waals surface area contributed by atoms with Crippen molar-refractivity contribution in [3.8, 4) is 0 Å². The summed E-state index contributed by atoms with van der Waals surface area (Å²) in [5.74, 6) is -0.601. The van der Waals surface area contributed by atoms with Crippen LogP contribution in [0.3, 0.4) is 0 Å². The lowest BCUT2D eigenvalue weighted by molar-refractivity contribution is -0.151. The van der Waals surface area contributed by atoms with E-state index in [1.807, 2.05) is 20.8 Å². The van der Waals surface area contributed by atoms with Gasteiger partial charge in [-0.3, -0.25) is 9.59 Å². The minimum absolute atomic E-state index is 0.170. The first-order valence-corrected chi connectivity index (χ1v) is 8.43. The monoisotopic (exact) mass is 310 g/mol. The second-order valence-corrected chi connectivity index (χ2v) is 7.06. The largest absolute Gasteiger partial charge is 0.480 e. The number of carboxylic acids is 1. The van der Waals surface area contributed by atoms with Crippen LogP contribution in [0.4, 0.5) is 0 Å². The van der Waals surface area contributed by atoms with Gasteiger partial charge in [-0.05, 0) is 12.8 Å². The standard InChI is InChI=1S/C11H22N2O4S2/c1-6(2)7(3)17-11(16)9(13)5-19-18-4-8(12)10(14)15/h6-9H,4-5,12-13H2,1-3H3,(H,14,15). The third kappa shape index (κ3) is 8.35.